The highest BCUT2D eigenvalue weighted by atomic mass is 35.5. The maximum absolute atomic E-state index is 5.74. The van der Waals surface area contributed by atoms with Gasteiger partial charge in [-0.15, -0.1) is 11.3 Å². The molecule has 13 heavy (non-hydrogen) atoms. The molecule has 1 saturated heterocycles. The van der Waals surface area contributed by atoms with Gasteiger partial charge in [0.1, 0.15) is 5.82 Å². The van der Waals surface area contributed by atoms with Crippen molar-refractivity contribution < 1.29 is 4.74 Å². The van der Waals surface area contributed by atoms with Crippen molar-refractivity contribution >= 4 is 28.8 Å². The van der Waals surface area contributed by atoms with Crippen molar-refractivity contribution in [3.8, 4) is 0 Å². The van der Waals surface area contributed by atoms with Crippen LogP contribution in [0.5, 0.6) is 0 Å². The van der Waals surface area contributed by atoms with E-state index in [2.05, 4.69) is 16.8 Å². The fraction of sp³-hybridized carbons (Fsp3) is 0.625. The van der Waals surface area contributed by atoms with Crippen molar-refractivity contribution in [2.45, 2.75) is 12.5 Å². The second-order valence-corrected chi connectivity index (χ2v) is 4.91. The van der Waals surface area contributed by atoms with Crippen molar-refractivity contribution in [2.75, 3.05) is 25.1 Å². The zero-order chi connectivity index (χ0) is 9.47. The molecule has 2 heterocycles. The van der Waals surface area contributed by atoms with Gasteiger partial charge in [-0.3, -0.25) is 0 Å². The number of thiazole rings is 1. The van der Waals surface area contributed by atoms with Crippen LogP contribution in [-0.2, 0) is 4.74 Å². The molecule has 5 heteroatoms. The molecule has 2 rings (SSSR count). The number of aromatic nitrogens is 1. The van der Waals surface area contributed by atoms with Crippen LogP contribution in [0.1, 0.15) is 6.92 Å². The number of halogens is 1. The zero-order valence-electron chi connectivity index (χ0n) is 7.58. The summed E-state index contributed by atoms with van der Waals surface area (Å²) < 4.78 is 5.93. The van der Waals surface area contributed by atoms with E-state index in [1.54, 1.807) is 7.11 Å². The number of rotatable bonds is 2. The minimum absolute atomic E-state index is 0.00388. The maximum Gasteiger partial charge on any atom is 0.185 e. The van der Waals surface area contributed by atoms with Gasteiger partial charge in [0, 0.05) is 25.6 Å². The Hall–Kier alpha value is -0.320. The smallest absolute Gasteiger partial charge is 0.185 e. The van der Waals surface area contributed by atoms with Gasteiger partial charge < -0.3 is 9.64 Å². The molecule has 1 aliphatic rings. The number of hydrogen-bond donors (Lipinski definition) is 0. The highest BCUT2D eigenvalue weighted by molar-refractivity contribution is 7.14. The van der Waals surface area contributed by atoms with Gasteiger partial charge in [-0.05, 0) is 6.92 Å². The summed E-state index contributed by atoms with van der Waals surface area (Å²) in [5.74, 6) is 0.963. The van der Waals surface area contributed by atoms with E-state index in [4.69, 9.17) is 16.3 Å². The standard InChI is InChI=1S/C8H11ClN2OS/c1-8(12-2)4-11(5-8)6-3-13-7(9)10-6/h3H,4-5H2,1-2H3. The molecule has 0 bridgehead atoms. The molecule has 0 saturated carbocycles. The number of nitrogens with zero attached hydrogens (tertiary/aromatic N) is 2. The van der Waals surface area contributed by atoms with Crippen LogP contribution < -0.4 is 4.90 Å². The molecule has 1 fully saturated rings. The van der Waals surface area contributed by atoms with E-state index in [0.29, 0.717) is 4.47 Å². The summed E-state index contributed by atoms with van der Waals surface area (Å²) in [5, 5.41) is 1.97. The van der Waals surface area contributed by atoms with E-state index in [1.807, 2.05) is 5.38 Å². The summed E-state index contributed by atoms with van der Waals surface area (Å²) in [7, 11) is 1.74. The molecule has 72 valence electrons. The Balaban J connectivity index is 2.01. The summed E-state index contributed by atoms with van der Waals surface area (Å²) in [4.78, 5) is 6.35. The van der Waals surface area contributed by atoms with Crippen LogP contribution >= 0.6 is 22.9 Å². The molecule has 0 radical (unpaired) electrons. The summed E-state index contributed by atoms with van der Waals surface area (Å²) in [6, 6.07) is 0. The lowest BCUT2D eigenvalue weighted by molar-refractivity contribution is -0.0170. The van der Waals surface area contributed by atoms with Crippen molar-refractivity contribution in [3.05, 3.63) is 9.85 Å². The summed E-state index contributed by atoms with van der Waals surface area (Å²) in [6.07, 6.45) is 0. The molecular weight excluding hydrogens is 208 g/mol. The molecule has 0 aromatic carbocycles. The van der Waals surface area contributed by atoms with Gasteiger partial charge in [0.05, 0.1) is 5.60 Å². The molecule has 3 nitrogen and oxygen atoms in total. The van der Waals surface area contributed by atoms with Crippen LogP contribution in [-0.4, -0.2) is 30.8 Å². The molecule has 1 aliphatic heterocycles. The Morgan fingerprint density at radius 1 is 1.69 bits per heavy atom. The van der Waals surface area contributed by atoms with E-state index in [1.165, 1.54) is 11.3 Å². The molecule has 0 spiro atoms. The Labute approximate surface area is 86.3 Å². The first kappa shape index (κ1) is 9.24. The fourth-order valence-corrected chi connectivity index (χ4v) is 2.21. The van der Waals surface area contributed by atoms with Crippen molar-refractivity contribution in [2.24, 2.45) is 0 Å². The van der Waals surface area contributed by atoms with Crippen molar-refractivity contribution in [1.82, 2.24) is 4.98 Å². The number of methoxy groups -OCH3 is 1. The SMILES string of the molecule is COC1(C)CN(c2csc(Cl)n2)C1. The summed E-state index contributed by atoms with van der Waals surface area (Å²) in [5.41, 5.74) is -0.00388. The number of ether oxygens (including phenoxy) is 1. The lowest BCUT2D eigenvalue weighted by atomic mass is 9.97. The normalized spacial score (nSPS) is 20.1. The lowest BCUT2D eigenvalue weighted by Crippen LogP contribution is -2.61. The maximum atomic E-state index is 5.74. The van der Waals surface area contributed by atoms with E-state index >= 15 is 0 Å². The van der Waals surface area contributed by atoms with Gasteiger partial charge in [-0.2, -0.15) is 0 Å². The van der Waals surface area contributed by atoms with Crippen LogP contribution in [0.3, 0.4) is 0 Å². The largest absolute Gasteiger partial charge is 0.375 e. The predicted molar refractivity (Wildman–Crippen MR) is 54.8 cm³/mol. The third-order valence-corrected chi connectivity index (χ3v) is 3.30. The molecule has 1 aromatic rings. The van der Waals surface area contributed by atoms with Crippen LogP contribution in [0.15, 0.2) is 5.38 Å². The summed E-state index contributed by atoms with van der Waals surface area (Å²) in [6.45, 7) is 3.88. The summed E-state index contributed by atoms with van der Waals surface area (Å²) >= 11 is 7.20. The van der Waals surface area contributed by atoms with E-state index in [0.717, 1.165) is 18.9 Å². The van der Waals surface area contributed by atoms with Crippen LogP contribution in [0, 0.1) is 0 Å². The Morgan fingerprint density at radius 3 is 2.85 bits per heavy atom. The van der Waals surface area contributed by atoms with Gasteiger partial charge in [0.2, 0.25) is 0 Å². The Kier molecular flexibility index (Phi) is 2.21. The zero-order valence-corrected chi connectivity index (χ0v) is 9.15. The van der Waals surface area contributed by atoms with E-state index in [9.17, 15) is 0 Å². The fourth-order valence-electron chi connectivity index (χ4n) is 1.44. The van der Waals surface area contributed by atoms with Crippen molar-refractivity contribution in [1.29, 1.82) is 0 Å². The molecule has 0 amide bonds. The Bertz CT molecular complexity index is 309. The van der Waals surface area contributed by atoms with E-state index < -0.39 is 0 Å². The second-order valence-electron chi connectivity index (χ2n) is 3.47. The van der Waals surface area contributed by atoms with Gasteiger partial charge in [0.25, 0.3) is 0 Å². The van der Waals surface area contributed by atoms with Gasteiger partial charge in [0.15, 0.2) is 4.47 Å². The second kappa shape index (κ2) is 3.12. The van der Waals surface area contributed by atoms with Gasteiger partial charge >= 0.3 is 0 Å². The molecule has 1 aromatic heterocycles. The molecule has 0 aliphatic carbocycles. The minimum Gasteiger partial charge on any atom is -0.375 e. The van der Waals surface area contributed by atoms with Crippen molar-refractivity contribution in [3.63, 3.8) is 0 Å². The van der Waals surface area contributed by atoms with E-state index in [-0.39, 0.29) is 5.60 Å². The van der Waals surface area contributed by atoms with Gasteiger partial charge in [-0.25, -0.2) is 4.98 Å². The predicted octanol–water partition coefficient (Wildman–Crippen LogP) is 2.02. The molecular formula is C8H11ClN2OS. The average molecular weight is 219 g/mol. The number of hydrogen-bond acceptors (Lipinski definition) is 4. The lowest BCUT2D eigenvalue weighted by Gasteiger charge is -2.47. The topological polar surface area (TPSA) is 25.4 Å². The molecule has 0 N–H and O–H groups in total. The minimum atomic E-state index is -0.00388. The van der Waals surface area contributed by atoms with Crippen LogP contribution in [0.4, 0.5) is 5.82 Å². The monoisotopic (exact) mass is 218 g/mol. The van der Waals surface area contributed by atoms with Crippen LogP contribution in [0.25, 0.3) is 0 Å². The van der Waals surface area contributed by atoms with Crippen LogP contribution in [0.2, 0.25) is 4.47 Å². The third-order valence-electron chi connectivity index (χ3n) is 2.33. The first-order chi connectivity index (χ1) is 6.13. The Morgan fingerprint density at radius 2 is 2.38 bits per heavy atom. The number of anilines is 1. The quantitative estimate of drug-likeness (QED) is 0.760. The third kappa shape index (κ3) is 1.66. The molecule has 0 unspecified atom stereocenters. The highest BCUT2D eigenvalue weighted by Crippen LogP contribution is 2.31. The first-order valence-electron chi connectivity index (χ1n) is 4.04. The van der Waals surface area contributed by atoms with Gasteiger partial charge in [-0.1, -0.05) is 11.6 Å². The first-order valence-corrected chi connectivity index (χ1v) is 5.30. The average Bonchev–Trinajstić information content (AvgIpc) is 2.46. The molecule has 0 atom stereocenters. The highest BCUT2D eigenvalue weighted by Gasteiger charge is 2.39.